The van der Waals surface area contributed by atoms with Crippen LogP contribution in [0.15, 0.2) is 0 Å². The van der Waals surface area contributed by atoms with E-state index in [0.717, 1.165) is 12.8 Å². The van der Waals surface area contributed by atoms with Crippen molar-refractivity contribution in [3.05, 3.63) is 0 Å². The van der Waals surface area contributed by atoms with Crippen molar-refractivity contribution in [3.63, 3.8) is 0 Å². The minimum atomic E-state index is -0.673. The third-order valence-corrected chi connectivity index (χ3v) is 2.63. The molecule has 1 unspecified atom stereocenters. The molecular weight excluding hydrogens is 132 g/mol. The van der Waals surface area contributed by atoms with Crippen LogP contribution in [0.1, 0.15) is 19.8 Å². The van der Waals surface area contributed by atoms with Gasteiger partial charge in [0, 0.05) is 0 Å². The maximum absolute atomic E-state index is 10.3. The summed E-state index contributed by atoms with van der Waals surface area (Å²) in [5.41, 5.74) is 0.00303. The molecule has 1 atom stereocenters. The molecule has 1 saturated heterocycles. The van der Waals surface area contributed by atoms with Gasteiger partial charge in [-0.2, -0.15) is 0 Å². The largest absolute Gasteiger partial charge is 0.481 e. The summed E-state index contributed by atoms with van der Waals surface area (Å²) < 4.78 is 5.26. The number of rotatable bonds is 1. The smallest absolute Gasteiger partial charge is 0.306 e. The zero-order chi connectivity index (χ0) is 7.35. The topological polar surface area (TPSA) is 49.8 Å². The monoisotopic (exact) mass is 142 g/mol. The molecule has 1 saturated carbocycles. The van der Waals surface area contributed by atoms with Crippen molar-refractivity contribution in [1.82, 2.24) is 0 Å². The number of hydrogen-bond donors (Lipinski definition) is 1. The summed E-state index contributed by atoms with van der Waals surface area (Å²) in [6.45, 7) is 2.00. The van der Waals surface area contributed by atoms with Gasteiger partial charge >= 0.3 is 5.97 Å². The van der Waals surface area contributed by atoms with Crippen molar-refractivity contribution >= 4 is 5.97 Å². The van der Waals surface area contributed by atoms with E-state index in [2.05, 4.69) is 0 Å². The number of carbonyl (C=O) groups is 1. The molecule has 2 fully saturated rings. The van der Waals surface area contributed by atoms with Gasteiger partial charge in [0.2, 0.25) is 0 Å². The Balaban J connectivity index is 1.90. The Labute approximate surface area is 59.0 Å². The molecule has 3 heteroatoms. The number of carboxylic acids is 1. The first kappa shape index (κ1) is 6.16. The minimum Gasteiger partial charge on any atom is -0.481 e. The molecule has 3 nitrogen and oxygen atoms in total. The molecule has 0 amide bonds. The van der Waals surface area contributed by atoms with Gasteiger partial charge in [0.15, 0.2) is 0 Å². The summed E-state index contributed by atoms with van der Waals surface area (Å²) in [6.07, 6.45) is 1.76. The predicted octanol–water partition coefficient (Wildman–Crippen LogP) is 0.639. The highest BCUT2D eigenvalue weighted by Crippen LogP contribution is 2.55. The van der Waals surface area contributed by atoms with Gasteiger partial charge < -0.3 is 9.84 Å². The molecule has 0 aromatic carbocycles. The van der Waals surface area contributed by atoms with E-state index in [1.807, 2.05) is 6.92 Å². The fourth-order valence-corrected chi connectivity index (χ4v) is 1.70. The maximum Gasteiger partial charge on any atom is 0.306 e. The number of ether oxygens (including phenoxy) is 1. The molecule has 1 aliphatic carbocycles. The Hall–Kier alpha value is -0.570. The van der Waals surface area contributed by atoms with Crippen LogP contribution in [0, 0.1) is 5.92 Å². The van der Waals surface area contributed by atoms with Crippen molar-refractivity contribution in [2.45, 2.75) is 31.5 Å². The highest BCUT2D eigenvalue weighted by Gasteiger charge is 2.63. The third-order valence-electron chi connectivity index (χ3n) is 2.63. The van der Waals surface area contributed by atoms with Gasteiger partial charge in [-0.15, -0.1) is 0 Å². The lowest BCUT2D eigenvalue weighted by molar-refractivity contribution is -0.147. The predicted molar refractivity (Wildman–Crippen MR) is 33.6 cm³/mol. The van der Waals surface area contributed by atoms with E-state index < -0.39 is 5.97 Å². The average molecular weight is 142 g/mol. The quantitative estimate of drug-likeness (QED) is 0.546. The summed E-state index contributed by atoms with van der Waals surface area (Å²) >= 11 is 0. The first-order chi connectivity index (χ1) is 4.64. The van der Waals surface area contributed by atoms with Crippen molar-refractivity contribution < 1.29 is 14.6 Å². The van der Waals surface area contributed by atoms with E-state index in [9.17, 15) is 4.79 Å². The molecule has 0 radical (unpaired) electrons. The molecule has 2 rings (SSSR count). The van der Waals surface area contributed by atoms with Crippen LogP contribution in [-0.2, 0) is 9.53 Å². The Bertz CT molecular complexity index is 181. The molecular formula is C7H10O3. The van der Waals surface area contributed by atoms with E-state index >= 15 is 0 Å². The Morgan fingerprint density at radius 3 is 2.50 bits per heavy atom. The number of carboxylic acid groups (broad SMARTS) is 1. The summed E-state index contributed by atoms with van der Waals surface area (Å²) in [5, 5.41) is 8.52. The molecule has 1 aliphatic heterocycles. The Morgan fingerprint density at radius 1 is 1.70 bits per heavy atom. The second-order valence-corrected chi connectivity index (χ2v) is 3.27. The zero-order valence-corrected chi connectivity index (χ0v) is 5.83. The normalized spacial score (nSPS) is 50.5. The highest BCUT2D eigenvalue weighted by molar-refractivity contribution is 5.72. The molecule has 0 aromatic rings. The van der Waals surface area contributed by atoms with Crippen LogP contribution < -0.4 is 0 Å². The third kappa shape index (κ3) is 0.611. The fourth-order valence-electron chi connectivity index (χ4n) is 1.70. The number of epoxide rings is 1. The molecule has 0 aromatic heterocycles. The summed E-state index contributed by atoms with van der Waals surface area (Å²) in [5.74, 6) is -0.807. The number of hydrogen-bond acceptors (Lipinski definition) is 2. The van der Waals surface area contributed by atoms with Crippen molar-refractivity contribution in [2.75, 3.05) is 0 Å². The molecule has 1 spiro atoms. The van der Waals surface area contributed by atoms with Gasteiger partial charge in [0.1, 0.15) is 0 Å². The lowest BCUT2D eigenvalue weighted by Gasteiger charge is -2.29. The van der Waals surface area contributed by atoms with E-state index in [1.165, 1.54) is 0 Å². The van der Waals surface area contributed by atoms with E-state index in [-0.39, 0.29) is 11.5 Å². The molecule has 1 heterocycles. The summed E-state index contributed by atoms with van der Waals surface area (Å²) in [6, 6.07) is 0. The van der Waals surface area contributed by atoms with Crippen LogP contribution in [0.4, 0.5) is 0 Å². The van der Waals surface area contributed by atoms with Gasteiger partial charge in [0.25, 0.3) is 0 Å². The van der Waals surface area contributed by atoms with Crippen LogP contribution >= 0.6 is 0 Å². The van der Waals surface area contributed by atoms with Gasteiger partial charge in [-0.3, -0.25) is 4.79 Å². The van der Waals surface area contributed by atoms with Crippen molar-refractivity contribution in [1.29, 1.82) is 0 Å². The Morgan fingerprint density at radius 2 is 2.20 bits per heavy atom. The number of aliphatic carboxylic acids is 1. The molecule has 10 heavy (non-hydrogen) atoms. The van der Waals surface area contributed by atoms with Crippen molar-refractivity contribution in [3.8, 4) is 0 Å². The second-order valence-electron chi connectivity index (χ2n) is 3.27. The van der Waals surface area contributed by atoms with Crippen LogP contribution in [0.5, 0.6) is 0 Å². The lowest BCUT2D eigenvalue weighted by atomic mass is 9.73. The van der Waals surface area contributed by atoms with Crippen LogP contribution in [-0.4, -0.2) is 22.8 Å². The van der Waals surface area contributed by atoms with Gasteiger partial charge in [0.05, 0.1) is 17.6 Å². The lowest BCUT2D eigenvalue weighted by Crippen LogP contribution is -2.38. The fraction of sp³-hybridized carbons (Fsp3) is 0.857. The van der Waals surface area contributed by atoms with Crippen molar-refractivity contribution in [2.24, 2.45) is 5.92 Å². The van der Waals surface area contributed by atoms with Gasteiger partial charge in [-0.25, -0.2) is 0 Å². The zero-order valence-electron chi connectivity index (χ0n) is 5.83. The standard InChI is InChI=1S/C7H10O3/c1-4-7(10-4)2-5(3-7)6(8)9/h4-5H,2-3H2,1H3,(H,8,9). The summed E-state index contributed by atoms with van der Waals surface area (Å²) in [4.78, 5) is 10.3. The van der Waals surface area contributed by atoms with Gasteiger partial charge in [-0.05, 0) is 19.8 Å². The van der Waals surface area contributed by atoms with Gasteiger partial charge in [-0.1, -0.05) is 0 Å². The Kier molecular flexibility index (Phi) is 0.944. The van der Waals surface area contributed by atoms with Crippen LogP contribution in [0.2, 0.25) is 0 Å². The van der Waals surface area contributed by atoms with E-state index in [1.54, 1.807) is 0 Å². The minimum absolute atomic E-state index is 0.00303. The maximum atomic E-state index is 10.3. The molecule has 2 aliphatic rings. The van der Waals surface area contributed by atoms with Crippen LogP contribution in [0.25, 0.3) is 0 Å². The summed E-state index contributed by atoms with van der Waals surface area (Å²) in [7, 11) is 0. The first-order valence-electron chi connectivity index (χ1n) is 3.55. The van der Waals surface area contributed by atoms with Crippen LogP contribution in [0.3, 0.4) is 0 Å². The average Bonchev–Trinajstić information content (AvgIpc) is 2.36. The highest BCUT2D eigenvalue weighted by atomic mass is 16.6. The van der Waals surface area contributed by atoms with E-state index in [0.29, 0.717) is 6.10 Å². The molecule has 56 valence electrons. The molecule has 1 N–H and O–H groups in total. The molecule has 0 bridgehead atoms. The SMILES string of the molecule is CC1OC12CC(C(=O)O)C2. The second kappa shape index (κ2) is 1.53. The van der Waals surface area contributed by atoms with E-state index in [4.69, 9.17) is 9.84 Å². The first-order valence-corrected chi connectivity index (χ1v) is 3.55.